The van der Waals surface area contributed by atoms with Crippen LogP contribution < -0.4 is 10.2 Å². The Bertz CT molecular complexity index is 1350. The van der Waals surface area contributed by atoms with E-state index >= 15 is 0 Å². The molecule has 0 saturated heterocycles. The highest BCUT2D eigenvalue weighted by Crippen LogP contribution is 2.37. The van der Waals surface area contributed by atoms with Gasteiger partial charge in [0.15, 0.2) is 0 Å². The molecule has 186 valence electrons. The van der Waals surface area contributed by atoms with Gasteiger partial charge in [0.05, 0.1) is 5.69 Å². The second-order valence-electron chi connectivity index (χ2n) is 9.50. The Kier molecular flexibility index (Phi) is 6.91. The summed E-state index contributed by atoms with van der Waals surface area (Å²) in [6.07, 6.45) is 4.07. The second kappa shape index (κ2) is 10.1. The molecule has 1 saturated carbocycles. The maximum Gasteiger partial charge on any atom is 0.259 e. The molecule has 5 rings (SSSR count). The summed E-state index contributed by atoms with van der Waals surface area (Å²) < 4.78 is 0. The molecule has 0 spiro atoms. The lowest BCUT2D eigenvalue weighted by Gasteiger charge is -2.31. The third-order valence-electron chi connectivity index (χ3n) is 7.17. The Hall–Kier alpha value is -3.09. The van der Waals surface area contributed by atoms with E-state index in [1.54, 1.807) is 31.2 Å². The van der Waals surface area contributed by atoms with Gasteiger partial charge >= 0.3 is 0 Å². The van der Waals surface area contributed by atoms with Gasteiger partial charge in [0.1, 0.15) is 12.6 Å². The lowest BCUT2D eigenvalue weighted by Crippen LogP contribution is -2.52. The molecule has 0 bridgehead atoms. The van der Waals surface area contributed by atoms with Crippen molar-refractivity contribution < 1.29 is 14.4 Å². The molecule has 0 aromatic heterocycles. The van der Waals surface area contributed by atoms with Crippen LogP contribution in [-0.4, -0.2) is 41.2 Å². The fraction of sp³-hybridized carbons (Fsp3) is 0.321. The standard InChI is InChI=1S/C28H27Cl2N3O3/c1-17(27(35)31-21-8-2-3-9-21)32(15-19-12-13-20(29)14-23(19)30)25(34)16-33-24-11-5-7-18-6-4-10-22(26(18)24)28(33)36/h4-7,10-14,17,21H,2-3,8-9,15-16H2,1H3,(H,31,35). The van der Waals surface area contributed by atoms with E-state index < -0.39 is 6.04 Å². The molecule has 1 N–H and O–H groups in total. The molecular weight excluding hydrogens is 497 g/mol. The lowest BCUT2D eigenvalue weighted by atomic mass is 10.1. The number of benzene rings is 3. The highest BCUT2D eigenvalue weighted by molar-refractivity contribution is 6.35. The molecule has 1 unspecified atom stereocenters. The molecular formula is C28H27Cl2N3O3. The summed E-state index contributed by atoms with van der Waals surface area (Å²) in [7, 11) is 0. The number of carbonyl (C=O) groups excluding carboxylic acids is 3. The van der Waals surface area contributed by atoms with E-state index in [1.807, 2.05) is 30.3 Å². The van der Waals surface area contributed by atoms with E-state index in [1.165, 1.54) is 9.80 Å². The summed E-state index contributed by atoms with van der Waals surface area (Å²) in [6, 6.07) is 15.7. The predicted molar refractivity (Wildman–Crippen MR) is 142 cm³/mol. The van der Waals surface area contributed by atoms with Gasteiger partial charge in [0, 0.05) is 33.6 Å². The van der Waals surface area contributed by atoms with Crippen LogP contribution in [0.15, 0.2) is 54.6 Å². The summed E-state index contributed by atoms with van der Waals surface area (Å²) in [6.45, 7) is 1.65. The summed E-state index contributed by atoms with van der Waals surface area (Å²) in [5.74, 6) is -0.769. The number of hydrogen-bond donors (Lipinski definition) is 1. The van der Waals surface area contributed by atoms with Crippen LogP contribution in [0.3, 0.4) is 0 Å². The normalized spacial score (nSPS) is 16.0. The molecule has 8 heteroatoms. The summed E-state index contributed by atoms with van der Waals surface area (Å²) in [4.78, 5) is 43.2. The van der Waals surface area contributed by atoms with Crippen LogP contribution in [0.25, 0.3) is 10.8 Å². The number of carbonyl (C=O) groups is 3. The molecule has 3 aromatic rings. The van der Waals surface area contributed by atoms with Gasteiger partial charge < -0.3 is 10.2 Å². The van der Waals surface area contributed by atoms with E-state index in [9.17, 15) is 14.4 Å². The van der Waals surface area contributed by atoms with Crippen LogP contribution in [0.4, 0.5) is 5.69 Å². The molecule has 3 amide bonds. The molecule has 1 aliphatic carbocycles. The van der Waals surface area contributed by atoms with Crippen molar-refractivity contribution in [2.45, 2.75) is 51.2 Å². The van der Waals surface area contributed by atoms with Crippen LogP contribution in [0.5, 0.6) is 0 Å². The Balaban J connectivity index is 1.42. The van der Waals surface area contributed by atoms with E-state index in [2.05, 4.69) is 5.32 Å². The van der Waals surface area contributed by atoms with Crippen LogP contribution >= 0.6 is 23.2 Å². The van der Waals surface area contributed by atoms with Gasteiger partial charge in [-0.2, -0.15) is 0 Å². The SMILES string of the molecule is CC(C(=O)NC1CCCC1)N(Cc1ccc(Cl)cc1Cl)C(=O)CN1C(=O)c2cccc3cccc1c23. The highest BCUT2D eigenvalue weighted by Gasteiger charge is 2.35. The largest absolute Gasteiger partial charge is 0.352 e. The van der Waals surface area contributed by atoms with Crippen molar-refractivity contribution in [3.8, 4) is 0 Å². The smallest absolute Gasteiger partial charge is 0.259 e. The first-order valence-electron chi connectivity index (χ1n) is 12.2. The maximum atomic E-state index is 13.8. The third-order valence-corrected chi connectivity index (χ3v) is 7.75. The Labute approximate surface area is 220 Å². The third kappa shape index (κ3) is 4.67. The predicted octanol–water partition coefficient (Wildman–Crippen LogP) is 5.58. The topological polar surface area (TPSA) is 69.7 Å². The van der Waals surface area contributed by atoms with Crippen molar-refractivity contribution >= 4 is 57.4 Å². The van der Waals surface area contributed by atoms with E-state index in [0.717, 1.165) is 36.5 Å². The van der Waals surface area contributed by atoms with Gasteiger partial charge in [-0.1, -0.05) is 66.4 Å². The number of hydrogen-bond acceptors (Lipinski definition) is 3. The highest BCUT2D eigenvalue weighted by atomic mass is 35.5. The minimum absolute atomic E-state index is 0.118. The van der Waals surface area contributed by atoms with Gasteiger partial charge in [-0.25, -0.2) is 0 Å². The first kappa shape index (κ1) is 24.6. The number of amides is 3. The van der Waals surface area contributed by atoms with Crippen molar-refractivity contribution in [2.75, 3.05) is 11.4 Å². The zero-order valence-electron chi connectivity index (χ0n) is 20.0. The fourth-order valence-electron chi connectivity index (χ4n) is 5.17. The monoisotopic (exact) mass is 523 g/mol. The molecule has 0 radical (unpaired) electrons. The molecule has 6 nitrogen and oxygen atoms in total. The van der Waals surface area contributed by atoms with Crippen LogP contribution in [-0.2, 0) is 16.1 Å². The first-order chi connectivity index (χ1) is 17.3. The molecule has 1 heterocycles. The van der Waals surface area contributed by atoms with Crippen molar-refractivity contribution in [3.05, 3.63) is 75.8 Å². The van der Waals surface area contributed by atoms with Crippen molar-refractivity contribution in [3.63, 3.8) is 0 Å². The number of nitrogens with one attached hydrogen (secondary N) is 1. The number of halogens is 2. The molecule has 3 aromatic carbocycles. The summed E-state index contributed by atoms with van der Waals surface area (Å²) >= 11 is 12.5. The van der Waals surface area contributed by atoms with Crippen LogP contribution in [0.2, 0.25) is 10.0 Å². The van der Waals surface area contributed by atoms with Crippen LogP contribution in [0.1, 0.15) is 48.5 Å². The van der Waals surface area contributed by atoms with Crippen LogP contribution in [0, 0.1) is 0 Å². The average molecular weight is 524 g/mol. The van der Waals surface area contributed by atoms with Crippen molar-refractivity contribution in [2.24, 2.45) is 0 Å². The molecule has 1 fully saturated rings. The number of nitrogens with zero attached hydrogens (tertiary/aromatic N) is 2. The minimum atomic E-state index is -0.749. The van der Waals surface area contributed by atoms with Crippen molar-refractivity contribution in [1.82, 2.24) is 10.2 Å². The second-order valence-corrected chi connectivity index (χ2v) is 10.3. The Morgan fingerprint density at radius 2 is 1.81 bits per heavy atom. The summed E-state index contributed by atoms with van der Waals surface area (Å²) in [5.41, 5.74) is 1.96. The van der Waals surface area contributed by atoms with E-state index in [-0.39, 0.29) is 36.9 Å². The Morgan fingerprint density at radius 3 is 2.53 bits per heavy atom. The summed E-state index contributed by atoms with van der Waals surface area (Å²) in [5, 5.41) is 5.78. The van der Waals surface area contributed by atoms with Gasteiger partial charge in [0.2, 0.25) is 11.8 Å². The lowest BCUT2D eigenvalue weighted by molar-refractivity contribution is -0.139. The van der Waals surface area contributed by atoms with E-state index in [4.69, 9.17) is 23.2 Å². The van der Waals surface area contributed by atoms with Gasteiger partial charge in [-0.15, -0.1) is 0 Å². The maximum absolute atomic E-state index is 13.8. The Morgan fingerprint density at radius 1 is 1.08 bits per heavy atom. The zero-order valence-corrected chi connectivity index (χ0v) is 21.5. The minimum Gasteiger partial charge on any atom is -0.352 e. The quantitative estimate of drug-likeness (QED) is 0.439. The van der Waals surface area contributed by atoms with Gasteiger partial charge in [-0.3, -0.25) is 19.3 Å². The molecule has 36 heavy (non-hydrogen) atoms. The van der Waals surface area contributed by atoms with E-state index in [0.29, 0.717) is 26.9 Å². The van der Waals surface area contributed by atoms with Crippen molar-refractivity contribution in [1.29, 1.82) is 0 Å². The molecule has 1 atom stereocenters. The first-order valence-corrected chi connectivity index (χ1v) is 13.0. The van der Waals surface area contributed by atoms with Gasteiger partial charge in [-0.05, 0) is 55.0 Å². The fourth-order valence-corrected chi connectivity index (χ4v) is 5.64. The number of anilines is 1. The van der Waals surface area contributed by atoms with Gasteiger partial charge in [0.25, 0.3) is 5.91 Å². The zero-order chi connectivity index (χ0) is 25.4. The molecule has 2 aliphatic rings. The average Bonchev–Trinajstić information content (AvgIpc) is 3.47. The molecule has 1 aliphatic heterocycles. The number of rotatable bonds is 7.